The van der Waals surface area contributed by atoms with Crippen molar-refractivity contribution in [3.63, 3.8) is 0 Å². The Labute approximate surface area is 153 Å². The van der Waals surface area contributed by atoms with Crippen molar-refractivity contribution in [2.45, 2.75) is 44.4 Å². The number of hydrogen-bond acceptors (Lipinski definition) is 3. The number of ether oxygens (including phenoxy) is 1. The molecule has 135 valence electrons. The van der Waals surface area contributed by atoms with Gasteiger partial charge in [-0.3, -0.25) is 0 Å². The molecule has 0 heterocycles. The van der Waals surface area contributed by atoms with Crippen LogP contribution in [-0.2, 0) is 22.2 Å². The third-order valence-electron chi connectivity index (χ3n) is 4.64. The normalized spacial score (nSPS) is 20.8. The molecule has 25 heavy (non-hydrogen) atoms. The number of benzene rings is 2. The minimum atomic E-state index is -1.37. The van der Waals surface area contributed by atoms with Gasteiger partial charge in [0.1, 0.15) is 0 Å². The number of aryl methyl sites for hydroxylation is 2. The van der Waals surface area contributed by atoms with Crippen molar-refractivity contribution in [3.8, 4) is 5.75 Å². The summed E-state index contributed by atoms with van der Waals surface area (Å²) in [4.78, 5) is 12.5. The Morgan fingerprint density at radius 1 is 0.880 bits per heavy atom. The molecule has 1 aliphatic carbocycles. The van der Waals surface area contributed by atoms with Crippen LogP contribution in [0.4, 0.5) is 0 Å². The summed E-state index contributed by atoms with van der Waals surface area (Å²) in [5.41, 5.74) is 2.31. The molecule has 2 aromatic carbocycles. The summed E-state index contributed by atoms with van der Waals surface area (Å²) in [6.45, 7) is 4.03. The third kappa shape index (κ3) is 4.64. The maximum absolute atomic E-state index is 12.7. The molecular weight excluding hydrogens is 359 g/mol. The minimum absolute atomic E-state index is 0.0847. The average Bonchev–Trinajstić information content (AvgIpc) is 2.64. The summed E-state index contributed by atoms with van der Waals surface area (Å²) in [7, 11) is 0. The standard InChI is InChI=1S/C14H17O2.C7H7.Co.O/c1-11-7-9-13(10-8-11)16-14(15)12-5-3-2-4-6-12;1-7-5-3-2-4-6-7;;/h2,7-10,12H,3-6H2,1H3;3-6H,1H3;;. The van der Waals surface area contributed by atoms with E-state index >= 15 is 0 Å². The summed E-state index contributed by atoms with van der Waals surface area (Å²) >= 11 is -1.37. The van der Waals surface area contributed by atoms with Crippen molar-refractivity contribution in [2.24, 2.45) is 5.92 Å². The number of esters is 1. The first-order valence-corrected chi connectivity index (χ1v) is 10.2. The van der Waals surface area contributed by atoms with Gasteiger partial charge in [-0.15, -0.1) is 0 Å². The molecule has 0 saturated heterocycles. The summed E-state index contributed by atoms with van der Waals surface area (Å²) in [6, 6.07) is 15.5. The van der Waals surface area contributed by atoms with E-state index in [1.807, 2.05) is 62.4 Å². The zero-order valence-electron chi connectivity index (χ0n) is 14.7. The third-order valence-corrected chi connectivity index (χ3v) is 6.95. The van der Waals surface area contributed by atoms with Crippen molar-refractivity contribution >= 4 is 10.5 Å². The van der Waals surface area contributed by atoms with Crippen molar-refractivity contribution in [1.82, 2.24) is 0 Å². The van der Waals surface area contributed by atoms with Crippen molar-refractivity contribution in [2.75, 3.05) is 0 Å². The Hall–Kier alpha value is -1.78. The number of rotatable bonds is 4. The van der Waals surface area contributed by atoms with Crippen molar-refractivity contribution in [3.05, 3.63) is 59.7 Å². The van der Waals surface area contributed by atoms with Crippen LogP contribution in [0.3, 0.4) is 0 Å². The molecule has 0 aliphatic heterocycles. The van der Waals surface area contributed by atoms with E-state index in [0.717, 1.165) is 35.7 Å². The first-order chi connectivity index (χ1) is 12.0. The molecule has 1 fully saturated rings. The second-order valence-corrected chi connectivity index (χ2v) is 8.87. The van der Waals surface area contributed by atoms with E-state index in [2.05, 4.69) is 0 Å². The number of carbonyl (C=O) groups excluding carboxylic acids is 1. The van der Waals surface area contributed by atoms with Crippen LogP contribution in [0.15, 0.2) is 48.5 Å². The zero-order chi connectivity index (χ0) is 17.8. The molecule has 3 nitrogen and oxygen atoms in total. The SMILES string of the molecule is Cc1ccc(OC(=O)C2CC[CH]([Co](=[O])[c]3ccc(C)cc3)CC2)cc1. The summed E-state index contributed by atoms with van der Waals surface area (Å²) in [5.74, 6) is 0.356. The molecule has 0 radical (unpaired) electrons. The Bertz CT molecular complexity index is 742. The van der Waals surface area contributed by atoms with Crippen LogP contribution >= 0.6 is 0 Å². The monoisotopic (exact) mass is 383 g/mol. The molecule has 1 aliphatic rings. The molecule has 0 bridgehead atoms. The Kier molecular flexibility index (Phi) is 5.81. The Morgan fingerprint density at radius 3 is 1.96 bits per heavy atom. The molecule has 1 saturated carbocycles. The molecule has 0 aromatic heterocycles. The van der Waals surface area contributed by atoms with Crippen LogP contribution in [0.5, 0.6) is 5.75 Å². The van der Waals surface area contributed by atoms with Crippen LogP contribution in [0.25, 0.3) is 0 Å². The van der Waals surface area contributed by atoms with Gasteiger partial charge in [-0.25, -0.2) is 0 Å². The predicted octanol–water partition coefficient (Wildman–Crippen LogP) is 4.48. The second kappa shape index (κ2) is 8.06. The van der Waals surface area contributed by atoms with Crippen LogP contribution in [0, 0.1) is 19.8 Å². The Morgan fingerprint density at radius 2 is 1.40 bits per heavy atom. The van der Waals surface area contributed by atoms with E-state index in [-0.39, 0.29) is 16.7 Å². The van der Waals surface area contributed by atoms with Crippen LogP contribution in [0.2, 0.25) is 4.85 Å². The van der Waals surface area contributed by atoms with Crippen molar-refractivity contribution < 1.29 is 27.0 Å². The van der Waals surface area contributed by atoms with Crippen LogP contribution < -0.4 is 9.23 Å². The first-order valence-electron chi connectivity index (χ1n) is 8.67. The van der Waals surface area contributed by atoms with Crippen LogP contribution in [-0.4, -0.2) is 5.97 Å². The molecule has 3 rings (SSSR count). The van der Waals surface area contributed by atoms with Gasteiger partial charge in [0, 0.05) is 0 Å². The zero-order valence-corrected chi connectivity index (χ0v) is 15.7. The molecular formula is C21H24CoO3. The van der Waals surface area contributed by atoms with Gasteiger partial charge >= 0.3 is 153 Å². The second-order valence-electron chi connectivity index (χ2n) is 6.66. The topological polar surface area (TPSA) is 43.4 Å². The summed E-state index contributed by atoms with van der Waals surface area (Å²) in [5, 5.41) is 0. The molecule has 0 amide bonds. The van der Waals surface area contributed by atoms with E-state index in [9.17, 15) is 8.66 Å². The van der Waals surface area contributed by atoms with Gasteiger partial charge in [-0.2, -0.15) is 0 Å². The average molecular weight is 383 g/mol. The molecule has 0 N–H and O–H groups in total. The van der Waals surface area contributed by atoms with Gasteiger partial charge in [-0.05, 0) is 0 Å². The van der Waals surface area contributed by atoms with E-state index in [1.165, 1.54) is 5.56 Å². The van der Waals surface area contributed by atoms with E-state index < -0.39 is 13.6 Å². The first kappa shape index (κ1) is 18.0. The molecule has 2 aromatic rings. The van der Waals surface area contributed by atoms with Gasteiger partial charge in [0.15, 0.2) is 0 Å². The van der Waals surface area contributed by atoms with E-state index in [1.54, 1.807) is 0 Å². The van der Waals surface area contributed by atoms with Gasteiger partial charge in [0.05, 0.1) is 0 Å². The van der Waals surface area contributed by atoms with Gasteiger partial charge in [-0.1, -0.05) is 0 Å². The fourth-order valence-electron chi connectivity index (χ4n) is 3.05. The van der Waals surface area contributed by atoms with Gasteiger partial charge in [0.2, 0.25) is 0 Å². The fraction of sp³-hybridized carbons (Fsp3) is 0.381. The molecule has 0 spiro atoms. The summed E-state index contributed by atoms with van der Waals surface area (Å²) in [6.07, 6.45) is 3.13. The van der Waals surface area contributed by atoms with E-state index in [4.69, 9.17) is 4.74 Å². The fourth-order valence-corrected chi connectivity index (χ4v) is 4.95. The number of hydrogen-bond donors (Lipinski definition) is 0. The van der Waals surface area contributed by atoms with E-state index in [0.29, 0.717) is 5.75 Å². The van der Waals surface area contributed by atoms with Gasteiger partial charge in [0.25, 0.3) is 0 Å². The maximum atomic E-state index is 12.7. The molecule has 0 unspecified atom stereocenters. The molecule has 0 atom stereocenters. The van der Waals surface area contributed by atoms with Crippen LogP contribution in [0.1, 0.15) is 36.8 Å². The van der Waals surface area contributed by atoms with Gasteiger partial charge < -0.3 is 0 Å². The summed E-state index contributed by atoms with van der Waals surface area (Å²) < 4.78 is 19.2. The quantitative estimate of drug-likeness (QED) is 0.578. The molecule has 4 heteroatoms. The predicted molar refractivity (Wildman–Crippen MR) is 94.0 cm³/mol. The number of carbonyl (C=O) groups is 1. The Balaban J connectivity index is 1.54. The van der Waals surface area contributed by atoms with Crippen molar-refractivity contribution in [1.29, 1.82) is 0 Å².